The lowest BCUT2D eigenvalue weighted by Crippen LogP contribution is -2.59. The van der Waals surface area contributed by atoms with Crippen molar-refractivity contribution >= 4 is 29.7 Å². The maximum atomic E-state index is 12.8. The number of hydrogen-bond donors (Lipinski definition) is 9. The molecule has 0 radical (unpaired) electrons. The van der Waals surface area contributed by atoms with Gasteiger partial charge in [-0.1, -0.05) is 12.1 Å². The third-order valence-electron chi connectivity index (χ3n) is 4.64. The minimum absolute atomic E-state index is 0.0451. The van der Waals surface area contributed by atoms with Gasteiger partial charge in [-0.05, 0) is 24.6 Å². The molecule has 34 heavy (non-hydrogen) atoms. The molecule has 0 aliphatic rings. The summed E-state index contributed by atoms with van der Waals surface area (Å²) in [6, 6.07) is -0.595. The Balaban J connectivity index is 3.03. The summed E-state index contributed by atoms with van der Waals surface area (Å²) in [5.74, 6) is -6.19. The van der Waals surface area contributed by atoms with Crippen LogP contribution in [0.25, 0.3) is 0 Å². The first-order valence-corrected chi connectivity index (χ1v) is 10.0. The number of carboxylic acid groups (broad SMARTS) is 2. The number of phenols is 1. The average molecular weight is 484 g/mol. The van der Waals surface area contributed by atoms with Crippen LogP contribution in [0.5, 0.6) is 5.75 Å². The van der Waals surface area contributed by atoms with Crippen LogP contribution in [-0.4, -0.2) is 92.1 Å². The van der Waals surface area contributed by atoms with E-state index in [2.05, 4.69) is 10.6 Å². The summed E-state index contributed by atoms with van der Waals surface area (Å²) in [6.45, 7) is 0.297. The van der Waals surface area contributed by atoms with Crippen molar-refractivity contribution in [3.05, 3.63) is 29.8 Å². The van der Waals surface area contributed by atoms with E-state index in [4.69, 9.17) is 15.9 Å². The highest BCUT2D eigenvalue weighted by Crippen LogP contribution is 2.12. The Kier molecular flexibility index (Phi) is 10.9. The number of aliphatic carboxylic acids is 2. The number of nitrogens with two attached hydrogens (primary N) is 1. The number of amides is 3. The van der Waals surface area contributed by atoms with E-state index in [1.807, 2.05) is 5.32 Å². The first-order chi connectivity index (χ1) is 15.8. The summed E-state index contributed by atoms with van der Waals surface area (Å²) in [5, 5.41) is 52.7. The lowest BCUT2D eigenvalue weighted by Gasteiger charge is -2.24. The Hall–Kier alpha value is -3.75. The van der Waals surface area contributed by atoms with Crippen LogP contribution in [0.2, 0.25) is 0 Å². The lowest BCUT2D eigenvalue weighted by atomic mass is 10.0. The number of rotatable bonds is 13. The molecule has 14 nitrogen and oxygen atoms in total. The van der Waals surface area contributed by atoms with Gasteiger partial charge in [0.25, 0.3) is 0 Å². The van der Waals surface area contributed by atoms with Gasteiger partial charge < -0.3 is 47.2 Å². The Labute approximate surface area is 193 Å². The molecule has 188 valence electrons. The van der Waals surface area contributed by atoms with Crippen LogP contribution in [0.15, 0.2) is 24.3 Å². The normalized spacial score (nSPS) is 15.2. The Morgan fingerprint density at radius 3 is 1.85 bits per heavy atom. The molecule has 5 unspecified atom stereocenters. The summed E-state index contributed by atoms with van der Waals surface area (Å²) in [6.07, 6.45) is -2.32. The number of phenolic OH excluding ortho intramolecular Hbond substituents is 1. The molecule has 1 aromatic rings. The average Bonchev–Trinajstić information content (AvgIpc) is 2.76. The third-order valence-corrected chi connectivity index (χ3v) is 4.64. The fourth-order valence-electron chi connectivity index (χ4n) is 2.68. The first kappa shape index (κ1) is 28.3. The van der Waals surface area contributed by atoms with Crippen molar-refractivity contribution in [2.24, 2.45) is 5.73 Å². The van der Waals surface area contributed by atoms with Gasteiger partial charge in [-0.25, -0.2) is 4.79 Å². The number of aliphatic hydroxyl groups excluding tert-OH is 2. The SMILES string of the molecule is CC(O)C(N)C(=O)NC(Cc1ccc(O)cc1)C(=O)NC(CO)C(=O)NC(CC(=O)O)C(=O)O. The molecule has 0 heterocycles. The minimum atomic E-state index is -1.81. The van der Waals surface area contributed by atoms with Gasteiger partial charge in [-0.2, -0.15) is 0 Å². The van der Waals surface area contributed by atoms with Gasteiger partial charge in [0.15, 0.2) is 0 Å². The number of hydrogen-bond acceptors (Lipinski definition) is 9. The second-order valence-corrected chi connectivity index (χ2v) is 7.44. The van der Waals surface area contributed by atoms with Gasteiger partial charge in [-0.15, -0.1) is 0 Å². The van der Waals surface area contributed by atoms with Gasteiger partial charge in [-0.3, -0.25) is 19.2 Å². The topological polar surface area (TPSA) is 249 Å². The van der Waals surface area contributed by atoms with Crippen LogP contribution < -0.4 is 21.7 Å². The molecule has 3 amide bonds. The predicted molar refractivity (Wildman–Crippen MR) is 114 cm³/mol. The number of aromatic hydroxyl groups is 1. The molecule has 14 heteroatoms. The van der Waals surface area contributed by atoms with E-state index in [-0.39, 0.29) is 12.2 Å². The molecule has 5 atom stereocenters. The van der Waals surface area contributed by atoms with E-state index >= 15 is 0 Å². The van der Waals surface area contributed by atoms with Crippen LogP contribution >= 0.6 is 0 Å². The third kappa shape index (κ3) is 9.01. The van der Waals surface area contributed by atoms with E-state index in [0.29, 0.717) is 5.56 Å². The van der Waals surface area contributed by atoms with Crippen molar-refractivity contribution in [3.63, 3.8) is 0 Å². The number of aliphatic hydroxyl groups is 2. The summed E-state index contributed by atoms with van der Waals surface area (Å²) in [5.41, 5.74) is 6.07. The molecule has 1 aromatic carbocycles. The molecule has 0 bridgehead atoms. The monoisotopic (exact) mass is 484 g/mol. The maximum absolute atomic E-state index is 12.8. The smallest absolute Gasteiger partial charge is 0.326 e. The fraction of sp³-hybridized carbons (Fsp3) is 0.450. The molecule has 0 saturated heterocycles. The van der Waals surface area contributed by atoms with Crippen LogP contribution in [0.3, 0.4) is 0 Å². The van der Waals surface area contributed by atoms with Gasteiger partial charge in [0.05, 0.1) is 19.1 Å². The summed E-state index contributed by atoms with van der Waals surface area (Å²) >= 11 is 0. The molecular formula is C20H28N4O10. The molecule has 0 aliphatic heterocycles. The molecule has 1 rings (SSSR count). The minimum Gasteiger partial charge on any atom is -0.508 e. The second-order valence-electron chi connectivity index (χ2n) is 7.44. The molecule has 0 aliphatic carbocycles. The molecule has 0 saturated carbocycles. The zero-order valence-corrected chi connectivity index (χ0v) is 18.2. The van der Waals surface area contributed by atoms with Gasteiger partial charge in [0.2, 0.25) is 17.7 Å². The van der Waals surface area contributed by atoms with Crippen LogP contribution in [0.4, 0.5) is 0 Å². The van der Waals surface area contributed by atoms with Crippen molar-refractivity contribution in [1.82, 2.24) is 16.0 Å². The molecular weight excluding hydrogens is 456 g/mol. The number of carboxylic acids is 2. The van der Waals surface area contributed by atoms with Crippen molar-refractivity contribution in [1.29, 1.82) is 0 Å². The summed E-state index contributed by atoms with van der Waals surface area (Å²) in [4.78, 5) is 59.4. The van der Waals surface area contributed by atoms with E-state index in [0.717, 1.165) is 0 Å². The number of carbonyl (C=O) groups excluding carboxylic acids is 3. The van der Waals surface area contributed by atoms with Crippen molar-refractivity contribution in [2.75, 3.05) is 6.61 Å². The van der Waals surface area contributed by atoms with Gasteiger partial charge in [0, 0.05) is 6.42 Å². The van der Waals surface area contributed by atoms with E-state index in [1.54, 1.807) is 0 Å². The molecule has 0 fully saturated rings. The first-order valence-electron chi connectivity index (χ1n) is 10.0. The molecule has 0 spiro atoms. The van der Waals surface area contributed by atoms with Gasteiger partial charge in [0.1, 0.15) is 29.9 Å². The highest BCUT2D eigenvalue weighted by Gasteiger charge is 2.31. The second kappa shape index (κ2) is 13.1. The van der Waals surface area contributed by atoms with Crippen LogP contribution in [-0.2, 0) is 30.4 Å². The van der Waals surface area contributed by atoms with Crippen LogP contribution in [0.1, 0.15) is 18.9 Å². The largest absolute Gasteiger partial charge is 0.508 e. The van der Waals surface area contributed by atoms with Crippen molar-refractivity contribution in [3.8, 4) is 5.75 Å². The molecule has 10 N–H and O–H groups in total. The standard InChI is InChI=1S/C20H28N4O10/c1-9(26)16(21)19(32)22-12(6-10-2-4-11(27)5-3-10)17(30)24-14(8-25)18(31)23-13(20(33)34)7-15(28)29/h2-5,9,12-14,16,25-27H,6-8,21H2,1H3,(H,22,32)(H,23,31)(H,24,30)(H,28,29)(H,33,34). The number of benzene rings is 1. The Morgan fingerprint density at radius 2 is 1.38 bits per heavy atom. The van der Waals surface area contributed by atoms with Crippen LogP contribution in [0, 0.1) is 0 Å². The fourth-order valence-corrected chi connectivity index (χ4v) is 2.68. The maximum Gasteiger partial charge on any atom is 0.326 e. The highest BCUT2D eigenvalue weighted by atomic mass is 16.4. The van der Waals surface area contributed by atoms with E-state index in [1.165, 1.54) is 31.2 Å². The predicted octanol–water partition coefficient (Wildman–Crippen LogP) is -3.35. The number of nitrogens with one attached hydrogen (secondary N) is 3. The van der Waals surface area contributed by atoms with E-state index in [9.17, 15) is 39.3 Å². The zero-order chi connectivity index (χ0) is 26.0. The summed E-state index contributed by atoms with van der Waals surface area (Å²) in [7, 11) is 0. The van der Waals surface area contributed by atoms with Gasteiger partial charge >= 0.3 is 11.9 Å². The van der Waals surface area contributed by atoms with Crippen molar-refractivity contribution < 1.29 is 49.5 Å². The van der Waals surface area contributed by atoms with Crippen molar-refractivity contribution in [2.45, 2.75) is 50.0 Å². The quantitative estimate of drug-likeness (QED) is 0.134. The Morgan fingerprint density at radius 1 is 0.882 bits per heavy atom. The zero-order valence-electron chi connectivity index (χ0n) is 18.2. The summed E-state index contributed by atoms with van der Waals surface area (Å²) < 4.78 is 0. The van der Waals surface area contributed by atoms with E-state index < -0.39 is 73.0 Å². The lowest BCUT2D eigenvalue weighted by molar-refractivity contribution is -0.147. The highest BCUT2D eigenvalue weighted by molar-refractivity contribution is 5.94. The number of carbonyl (C=O) groups is 5. The Bertz CT molecular complexity index is 890. The molecule has 0 aromatic heterocycles.